The molecule has 4 aromatic rings. The maximum Gasteiger partial charge on any atom is 0.365 e. The second-order valence-electron chi connectivity index (χ2n) is 11.0. The lowest BCUT2D eigenvalue weighted by molar-refractivity contribution is -0.477. The van der Waals surface area contributed by atoms with Crippen molar-refractivity contribution in [1.82, 2.24) is 25.1 Å². The minimum Gasteiger partial charge on any atom is -0.388 e. The molecule has 0 unspecified atom stereocenters. The number of allylic oxidation sites excluding steroid dienone is 1. The van der Waals surface area contributed by atoms with Gasteiger partial charge in [0, 0.05) is 42.0 Å². The molecule has 12 heteroatoms. The minimum absolute atomic E-state index is 0.0184. The minimum atomic E-state index is -0.733. The lowest BCUT2D eigenvalue weighted by atomic mass is 9.96. The normalized spacial score (nSPS) is 19.7. The van der Waals surface area contributed by atoms with Crippen molar-refractivity contribution >= 4 is 52.4 Å². The van der Waals surface area contributed by atoms with E-state index in [2.05, 4.69) is 32.2 Å². The smallest absolute Gasteiger partial charge is 0.365 e. The number of carbonyl (C=O) groups excluding carboxylic acids is 1. The lowest BCUT2D eigenvalue weighted by Gasteiger charge is -2.33. The van der Waals surface area contributed by atoms with Crippen LogP contribution in [0.25, 0.3) is 10.9 Å². The highest BCUT2D eigenvalue weighted by molar-refractivity contribution is 7.44. The second-order valence-corrected chi connectivity index (χ2v) is 11.3. The molecule has 0 bridgehead atoms. The summed E-state index contributed by atoms with van der Waals surface area (Å²) in [5, 5.41) is 22.1. The first-order chi connectivity index (χ1) is 20.9. The van der Waals surface area contributed by atoms with Crippen LogP contribution in [0, 0.1) is 11.7 Å². The molecule has 43 heavy (non-hydrogen) atoms. The quantitative estimate of drug-likeness (QED) is 0.193. The number of nitrogens with zero attached hydrogens (tertiary/aromatic N) is 6. The van der Waals surface area contributed by atoms with Gasteiger partial charge in [-0.05, 0) is 37.5 Å². The number of carbonyl (C=O) groups is 1. The number of halogens is 1. The fourth-order valence-corrected chi connectivity index (χ4v) is 6.48. The van der Waals surface area contributed by atoms with Crippen LogP contribution >= 0.6 is 0 Å². The number of aliphatic hydroxyl groups excluding tert-OH is 1. The van der Waals surface area contributed by atoms with E-state index in [-0.39, 0.29) is 23.5 Å². The third-order valence-electron chi connectivity index (χ3n) is 8.14. The van der Waals surface area contributed by atoms with Crippen molar-refractivity contribution in [3.05, 3.63) is 78.4 Å². The predicted octanol–water partition coefficient (Wildman–Crippen LogP) is 4.28. The first kappa shape index (κ1) is 28.8. The van der Waals surface area contributed by atoms with Crippen LogP contribution in [-0.4, -0.2) is 60.4 Å². The van der Waals surface area contributed by atoms with Crippen LogP contribution in [0.1, 0.15) is 36.9 Å². The summed E-state index contributed by atoms with van der Waals surface area (Å²) in [6.07, 6.45) is 6.35. The second kappa shape index (κ2) is 12.1. The zero-order chi connectivity index (χ0) is 30.1. The van der Waals surface area contributed by atoms with Gasteiger partial charge < -0.3 is 15.3 Å². The van der Waals surface area contributed by atoms with Crippen molar-refractivity contribution in [2.24, 2.45) is 5.92 Å². The van der Waals surface area contributed by atoms with E-state index in [0.29, 0.717) is 49.5 Å². The molecule has 3 heterocycles. The topological polar surface area (TPSA) is 111 Å². The van der Waals surface area contributed by atoms with E-state index in [0.717, 1.165) is 29.5 Å². The molecule has 1 fully saturated rings. The largest absolute Gasteiger partial charge is 0.388 e. The van der Waals surface area contributed by atoms with Gasteiger partial charge in [0.05, 0.1) is 36.1 Å². The molecular weight excluding hydrogens is 567 g/mol. The van der Waals surface area contributed by atoms with Crippen LogP contribution < -0.4 is 15.5 Å². The van der Waals surface area contributed by atoms with Crippen LogP contribution in [0.5, 0.6) is 0 Å². The van der Waals surface area contributed by atoms with Gasteiger partial charge in [0.2, 0.25) is 5.91 Å². The summed E-state index contributed by atoms with van der Waals surface area (Å²) in [7, 11) is 0. The average molecular weight is 602 g/mol. The van der Waals surface area contributed by atoms with Crippen molar-refractivity contribution in [3.8, 4) is 0 Å². The molecule has 0 spiro atoms. The number of aliphatic hydroxyl groups is 1. The highest BCUT2D eigenvalue weighted by atomic mass is 32.1. The molecule has 0 radical (unpaired) electrons. The van der Waals surface area contributed by atoms with E-state index in [1.165, 1.54) is 6.07 Å². The highest BCUT2D eigenvalue weighted by Gasteiger charge is 2.41. The maximum atomic E-state index is 15.2. The summed E-state index contributed by atoms with van der Waals surface area (Å²) >= 11 is 6.00. The van der Waals surface area contributed by atoms with Gasteiger partial charge in [0.15, 0.2) is 11.7 Å². The zero-order valence-electron chi connectivity index (χ0n) is 23.9. The van der Waals surface area contributed by atoms with Crippen LogP contribution in [0.2, 0.25) is 0 Å². The van der Waals surface area contributed by atoms with Gasteiger partial charge in [0.1, 0.15) is 24.3 Å². The summed E-state index contributed by atoms with van der Waals surface area (Å²) in [5.74, 6) is -0.0828. The molecular formula is C31H34FN8O2S+. The number of rotatable bonds is 9. The Morgan fingerprint density at radius 2 is 2.14 bits per heavy atom. The number of benzene rings is 2. The van der Waals surface area contributed by atoms with E-state index >= 15 is 4.39 Å². The number of amides is 1. The van der Waals surface area contributed by atoms with Crippen LogP contribution in [-0.2, 0) is 30.2 Å². The van der Waals surface area contributed by atoms with Gasteiger partial charge >= 0.3 is 11.8 Å². The standard InChI is InChI=1S/C31H33FN8O2S/c1-3-11-39-25-15-24(23(32)13-21(25)16-35-39)36-31-34-17-26(38-12-7-9-20(18-38)30(42)33-4-2)29(37-31)40(43)28-22-10-6-5-8-19(22)14-27(28)41/h3,5-6,8,10,13,15-17,20,27-28,41H,1,4,7,9,11-12,14,18H2,2H3,(H-,33,34,35,36,37,42)/p+1/t20-,27+,28-/m0/s1. The summed E-state index contributed by atoms with van der Waals surface area (Å²) < 4.78 is 18.5. The number of nitrogens with one attached hydrogen (secondary N) is 2. The Morgan fingerprint density at radius 1 is 1.30 bits per heavy atom. The van der Waals surface area contributed by atoms with Crippen molar-refractivity contribution in [3.63, 3.8) is 0 Å². The highest BCUT2D eigenvalue weighted by Crippen LogP contribution is 2.40. The van der Waals surface area contributed by atoms with E-state index in [4.69, 9.17) is 17.4 Å². The third kappa shape index (κ3) is 5.59. The summed E-state index contributed by atoms with van der Waals surface area (Å²) in [6, 6.07) is 10.4. The van der Waals surface area contributed by atoms with E-state index in [1.807, 2.05) is 31.2 Å². The van der Waals surface area contributed by atoms with Crippen LogP contribution in [0.15, 0.2) is 61.4 Å². The molecule has 3 N–H and O–H groups in total. The number of anilines is 3. The molecule has 1 saturated heterocycles. The molecule has 2 aromatic heterocycles. The first-order valence-electron chi connectivity index (χ1n) is 14.5. The number of piperidine rings is 1. The third-order valence-corrected chi connectivity index (χ3v) is 8.54. The van der Waals surface area contributed by atoms with Crippen molar-refractivity contribution in [1.29, 1.82) is 0 Å². The first-order valence-corrected chi connectivity index (χ1v) is 14.9. The van der Waals surface area contributed by atoms with Crippen molar-refractivity contribution < 1.29 is 18.2 Å². The fourth-order valence-electron chi connectivity index (χ4n) is 6.09. The van der Waals surface area contributed by atoms with Gasteiger partial charge in [-0.15, -0.1) is 10.5 Å². The van der Waals surface area contributed by atoms with Gasteiger partial charge in [0.25, 0.3) is 0 Å². The molecule has 6 rings (SSSR count). The van der Waals surface area contributed by atoms with Gasteiger partial charge in [-0.2, -0.15) is 10.1 Å². The number of fused-ring (bicyclic) bond motifs is 2. The monoisotopic (exact) mass is 601 g/mol. The summed E-state index contributed by atoms with van der Waals surface area (Å²) in [4.78, 5) is 24.2. The zero-order valence-corrected chi connectivity index (χ0v) is 24.7. The fraction of sp³-hybridized carbons (Fsp3) is 0.355. The molecule has 1 amide bonds. The van der Waals surface area contributed by atoms with Crippen molar-refractivity contribution in [2.45, 2.75) is 44.9 Å². The summed E-state index contributed by atoms with van der Waals surface area (Å²) in [6.45, 7) is 7.91. The molecule has 1 aliphatic heterocycles. The molecule has 10 nitrogen and oxygen atoms in total. The molecule has 1 aliphatic carbocycles. The van der Waals surface area contributed by atoms with Gasteiger partial charge in [-0.1, -0.05) is 30.3 Å². The van der Waals surface area contributed by atoms with Gasteiger partial charge in [-0.3, -0.25) is 14.8 Å². The average Bonchev–Trinajstić information content (AvgIpc) is 3.56. The van der Waals surface area contributed by atoms with Crippen molar-refractivity contribution in [2.75, 3.05) is 29.9 Å². The molecule has 2 aromatic carbocycles. The van der Waals surface area contributed by atoms with E-state index < -0.39 is 18.0 Å². The SMILES string of the molecule is C=CCn1ncc2cc(F)c(Nc3ncc(N4CCC[C@H](C(=O)NCC)C4)c([N+](=S)[C@H]4c5ccccc5C[C@H]4O)n3)cc21. The number of aromatic nitrogens is 4. The van der Waals surface area contributed by atoms with Crippen LogP contribution in [0.3, 0.4) is 0 Å². The Bertz CT molecular complexity index is 1710. The molecule has 3 atom stereocenters. The Balaban J connectivity index is 1.39. The molecule has 222 valence electrons. The maximum absolute atomic E-state index is 15.2. The van der Waals surface area contributed by atoms with E-state index in [9.17, 15) is 9.90 Å². The molecule has 0 saturated carbocycles. The Morgan fingerprint density at radius 3 is 2.95 bits per heavy atom. The predicted molar refractivity (Wildman–Crippen MR) is 165 cm³/mol. The lowest BCUT2D eigenvalue weighted by Crippen LogP contribution is -2.43. The van der Waals surface area contributed by atoms with E-state index in [1.54, 1.807) is 33.2 Å². The Labute approximate surface area is 254 Å². The van der Waals surface area contributed by atoms with Crippen LogP contribution in [0.4, 0.5) is 27.5 Å². The Kier molecular flexibility index (Phi) is 8.13. The number of hydrogen-bond donors (Lipinski definition) is 3. The van der Waals surface area contributed by atoms with Gasteiger partial charge in [-0.25, -0.2) is 4.39 Å². The summed E-state index contributed by atoms with van der Waals surface area (Å²) in [5.41, 5.74) is 3.56. The number of hydrogen-bond acceptors (Lipinski definition) is 8. The Hall–Kier alpha value is -4.29. The molecule has 2 aliphatic rings.